The first-order valence-corrected chi connectivity index (χ1v) is 4.97. The van der Waals surface area contributed by atoms with Gasteiger partial charge >= 0.3 is 0 Å². The molecule has 0 saturated carbocycles. The van der Waals surface area contributed by atoms with E-state index in [1.807, 2.05) is 24.3 Å². The highest BCUT2D eigenvalue weighted by molar-refractivity contribution is 6.01. The van der Waals surface area contributed by atoms with Gasteiger partial charge in [0.2, 0.25) is 0 Å². The fourth-order valence-electron chi connectivity index (χ4n) is 1.79. The number of hydrogen-bond donors (Lipinski definition) is 1. The normalized spacial score (nSPS) is 12.3. The zero-order valence-electron chi connectivity index (χ0n) is 8.82. The molecule has 1 aromatic carbocycles. The second-order valence-electron chi connectivity index (χ2n) is 3.44. The van der Waals surface area contributed by atoms with Crippen LogP contribution in [0, 0.1) is 0 Å². The smallest absolute Gasteiger partial charge is 0.155 e. The van der Waals surface area contributed by atoms with Gasteiger partial charge in [0.05, 0.1) is 0 Å². The molecule has 0 fully saturated rings. The summed E-state index contributed by atoms with van der Waals surface area (Å²) < 4.78 is 5.65. The highest BCUT2D eigenvalue weighted by Crippen LogP contribution is 2.26. The minimum atomic E-state index is 0.517. The molecule has 1 aromatic heterocycles. The van der Waals surface area contributed by atoms with E-state index in [2.05, 4.69) is 12.1 Å². The van der Waals surface area contributed by atoms with Crippen LogP contribution in [-0.2, 0) is 6.42 Å². The molecule has 15 heavy (non-hydrogen) atoms. The molecular formula is C12H13NO2. The van der Waals surface area contributed by atoms with Crippen molar-refractivity contribution in [3.8, 4) is 0 Å². The van der Waals surface area contributed by atoms with E-state index in [9.17, 15) is 0 Å². The Morgan fingerprint density at radius 3 is 2.80 bits per heavy atom. The van der Waals surface area contributed by atoms with E-state index < -0.39 is 0 Å². The van der Waals surface area contributed by atoms with Gasteiger partial charge in [-0.1, -0.05) is 30.3 Å². The fourth-order valence-corrected chi connectivity index (χ4v) is 1.79. The quantitative estimate of drug-likeness (QED) is 0.463. The Hall–Kier alpha value is -1.77. The number of hydrogen-bond acceptors (Lipinski definition) is 3. The molecule has 3 nitrogen and oxygen atoms in total. The molecule has 0 bridgehead atoms. The van der Waals surface area contributed by atoms with Crippen molar-refractivity contribution in [3.63, 3.8) is 0 Å². The van der Waals surface area contributed by atoms with Crippen molar-refractivity contribution >= 4 is 16.7 Å². The van der Waals surface area contributed by atoms with E-state index in [0.29, 0.717) is 11.5 Å². The lowest BCUT2D eigenvalue weighted by atomic mass is 10.1. The molecule has 0 atom stereocenters. The van der Waals surface area contributed by atoms with E-state index in [1.165, 1.54) is 0 Å². The summed E-state index contributed by atoms with van der Waals surface area (Å²) in [6.45, 7) is 3.79. The maximum atomic E-state index is 8.76. The Kier molecular flexibility index (Phi) is 2.46. The molecule has 0 saturated heterocycles. The highest BCUT2D eigenvalue weighted by Gasteiger charge is 2.14. The lowest BCUT2D eigenvalue weighted by Gasteiger charge is -1.96. The predicted molar refractivity (Wildman–Crippen MR) is 59.6 cm³/mol. The molecule has 0 aliphatic carbocycles. The number of para-hydroxylation sites is 1. The first kappa shape index (κ1) is 9.77. The second kappa shape index (κ2) is 3.77. The molecular weight excluding hydrogens is 190 g/mol. The van der Waals surface area contributed by atoms with E-state index in [1.54, 1.807) is 6.92 Å². The second-order valence-corrected chi connectivity index (χ2v) is 3.44. The molecule has 0 amide bonds. The zero-order chi connectivity index (χ0) is 10.8. The van der Waals surface area contributed by atoms with Crippen molar-refractivity contribution < 1.29 is 9.62 Å². The number of furan rings is 1. The maximum Gasteiger partial charge on any atom is 0.155 e. The minimum Gasteiger partial charge on any atom is -0.454 e. The van der Waals surface area contributed by atoms with Gasteiger partial charge in [0.25, 0.3) is 0 Å². The van der Waals surface area contributed by atoms with E-state index >= 15 is 0 Å². The number of oxime groups is 1. The van der Waals surface area contributed by atoms with Gasteiger partial charge in [-0.2, -0.15) is 0 Å². The third kappa shape index (κ3) is 1.50. The molecule has 1 heterocycles. The van der Waals surface area contributed by atoms with Crippen molar-refractivity contribution in [2.75, 3.05) is 0 Å². The summed E-state index contributed by atoms with van der Waals surface area (Å²) in [5, 5.41) is 13.0. The first-order valence-electron chi connectivity index (χ1n) is 4.97. The van der Waals surface area contributed by atoms with Gasteiger partial charge in [-0.25, -0.2) is 0 Å². The van der Waals surface area contributed by atoms with Gasteiger partial charge in [0.1, 0.15) is 11.3 Å². The monoisotopic (exact) mass is 203 g/mol. The predicted octanol–water partition coefficient (Wildman–Crippen LogP) is 3.19. The number of nitrogens with zero attached hydrogens (tertiary/aromatic N) is 1. The van der Waals surface area contributed by atoms with Gasteiger partial charge < -0.3 is 9.62 Å². The molecule has 3 heteroatoms. The van der Waals surface area contributed by atoms with Crippen molar-refractivity contribution in [1.29, 1.82) is 0 Å². The van der Waals surface area contributed by atoms with Crippen LogP contribution in [0.1, 0.15) is 25.2 Å². The van der Waals surface area contributed by atoms with Crippen molar-refractivity contribution in [3.05, 3.63) is 35.6 Å². The molecule has 78 valence electrons. The van der Waals surface area contributed by atoms with Crippen molar-refractivity contribution in [1.82, 2.24) is 0 Å². The summed E-state index contributed by atoms with van der Waals surface area (Å²) >= 11 is 0. The molecule has 0 unspecified atom stereocenters. The molecule has 0 radical (unpaired) electrons. The largest absolute Gasteiger partial charge is 0.454 e. The lowest BCUT2D eigenvalue weighted by Crippen LogP contribution is -1.96. The molecule has 2 aromatic rings. The van der Waals surface area contributed by atoms with Crippen molar-refractivity contribution in [2.24, 2.45) is 5.16 Å². The van der Waals surface area contributed by atoms with Crippen LogP contribution < -0.4 is 0 Å². The molecule has 0 aliphatic rings. The fraction of sp³-hybridized carbons (Fsp3) is 0.250. The first-order chi connectivity index (χ1) is 7.27. The number of rotatable bonds is 2. The third-order valence-electron chi connectivity index (χ3n) is 2.53. The zero-order valence-corrected chi connectivity index (χ0v) is 8.82. The van der Waals surface area contributed by atoms with E-state index in [-0.39, 0.29) is 0 Å². The van der Waals surface area contributed by atoms with Crippen LogP contribution in [0.2, 0.25) is 0 Å². The molecule has 1 N–H and O–H groups in total. The average Bonchev–Trinajstić information content (AvgIpc) is 2.66. The van der Waals surface area contributed by atoms with Crippen LogP contribution in [0.15, 0.2) is 33.8 Å². The van der Waals surface area contributed by atoms with Gasteiger partial charge in [-0.05, 0) is 19.4 Å². The van der Waals surface area contributed by atoms with E-state index in [4.69, 9.17) is 9.62 Å². The summed E-state index contributed by atoms with van der Waals surface area (Å²) in [5.41, 5.74) is 2.45. The van der Waals surface area contributed by atoms with Crippen LogP contribution >= 0.6 is 0 Å². The standard InChI is InChI=1S/C12H13NO2/c1-3-9-10-6-4-5-7-11(10)15-12(9)8(2)13-14/h4-7,14H,3H2,1-2H3. The van der Waals surface area contributed by atoms with Crippen LogP contribution in [0.25, 0.3) is 11.0 Å². The van der Waals surface area contributed by atoms with Crippen LogP contribution in [0.5, 0.6) is 0 Å². The van der Waals surface area contributed by atoms with Gasteiger partial charge in [-0.15, -0.1) is 0 Å². The lowest BCUT2D eigenvalue weighted by molar-refractivity contribution is 0.318. The van der Waals surface area contributed by atoms with Crippen LogP contribution in [0.4, 0.5) is 0 Å². The van der Waals surface area contributed by atoms with E-state index in [0.717, 1.165) is 23.0 Å². The summed E-state index contributed by atoms with van der Waals surface area (Å²) in [6.07, 6.45) is 0.860. The highest BCUT2D eigenvalue weighted by atomic mass is 16.4. The summed E-state index contributed by atoms with van der Waals surface area (Å²) in [4.78, 5) is 0. The Balaban J connectivity index is 2.75. The topological polar surface area (TPSA) is 45.7 Å². The molecule has 0 aliphatic heterocycles. The Labute approximate surface area is 88.0 Å². The van der Waals surface area contributed by atoms with Gasteiger partial charge in [0.15, 0.2) is 5.76 Å². The maximum absolute atomic E-state index is 8.76. The van der Waals surface area contributed by atoms with Gasteiger partial charge in [-0.3, -0.25) is 0 Å². The number of benzene rings is 1. The number of fused-ring (bicyclic) bond motifs is 1. The van der Waals surface area contributed by atoms with Crippen LogP contribution in [-0.4, -0.2) is 10.9 Å². The average molecular weight is 203 g/mol. The Morgan fingerprint density at radius 1 is 1.40 bits per heavy atom. The van der Waals surface area contributed by atoms with Crippen molar-refractivity contribution in [2.45, 2.75) is 20.3 Å². The Bertz CT molecular complexity index is 511. The van der Waals surface area contributed by atoms with Crippen LogP contribution in [0.3, 0.4) is 0 Å². The minimum absolute atomic E-state index is 0.517. The Morgan fingerprint density at radius 2 is 2.13 bits per heavy atom. The summed E-state index contributed by atoms with van der Waals surface area (Å²) in [5.74, 6) is 0.682. The number of aryl methyl sites for hydroxylation is 1. The summed E-state index contributed by atoms with van der Waals surface area (Å²) in [7, 11) is 0. The SMILES string of the molecule is CCc1c(C(C)=NO)oc2ccccc12. The summed E-state index contributed by atoms with van der Waals surface area (Å²) in [6, 6.07) is 7.85. The molecule has 0 spiro atoms. The third-order valence-corrected chi connectivity index (χ3v) is 2.53. The molecule has 2 rings (SSSR count). The van der Waals surface area contributed by atoms with Gasteiger partial charge in [0, 0.05) is 10.9 Å².